The van der Waals surface area contributed by atoms with Gasteiger partial charge in [0.1, 0.15) is 5.75 Å². The number of carbonyl (C=O) groups is 1. The summed E-state index contributed by atoms with van der Waals surface area (Å²) in [7, 11) is 0. The summed E-state index contributed by atoms with van der Waals surface area (Å²) in [6.07, 6.45) is 4.78. The Morgan fingerprint density at radius 3 is 1.73 bits per heavy atom. The van der Waals surface area contributed by atoms with Crippen molar-refractivity contribution in [1.82, 2.24) is 0 Å². The number of hydrogen-bond donors (Lipinski definition) is 0. The number of ether oxygens (including phenoxy) is 2. The smallest absolute Gasteiger partial charge is 0.343 e. The highest BCUT2D eigenvalue weighted by atomic mass is 35.5. The average molecular weight is 554 g/mol. The Bertz CT molecular complexity index is 1330. The second-order valence-electron chi connectivity index (χ2n) is 8.67. The van der Waals surface area contributed by atoms with E-state index in [2.05, 4.69) is 43.3 Å². The number of carbonyl (C=O) groups excluding carboxylic acids is 1. The van der Waals surface area contributed by atoms with Gasteiger partial charge in [0.25, 0.3) is 0 Å². The molecular formula is C31H27Cl3O3. The third kappa shape index (κ3) is 7.29. The van der Waals surface area contributed by atoms with Crippen LogP contribution in [0, 0.1) is 0 Å². The molecule has 0 fully saturated rings. The summed E-state index contributed by atoms with van der Waals surface area (Å²) in [4.78, 5) is 12.6. The fraction of sp³-hybridized carbons (Fsp3) is 0.194. The lowest BCUT2D eigenvalue weighted by molar-refractivity contribution is 0.0735. The van der Waals surface area contributed by atoms with E-state index in [0.717, 1.165) is 41.0 Å². The van der Waals surface area contributed by atoms with Crippen molar-refractivity contribution in [2.24, 2.45) is 0 Å². The molecule has 3 nitrogen and oxygen atoms in total. The predicted molar refractivity (Wildman–Crippen MR) is 153 cm³/mol. The molecule has 190 valence electrons. The highest BCUT2D eigenvalue weighted by molar-refractivity contribution is 6.43. The zero-order chi connectivity index (χ0) is 26.2. The van der Waals surface area contributed by atoms with Gasteiger partial charge in [-0.25, -0.2) is 4.79 Å². The molecular weight excluding hydrogens is 527 g/mol. The van der Waals surface area contributed by atoms with Crippen molar-refractivity contribution in [3.05, 3.63) is 106 Å². The number of esters is 1. The van der Waals surface area contributed by atoms with E-state index < -0.39 is 5.97 Å². The van der Waals surface area contributed by atoms with Gasteiger partial charge < -0.3 is 9.47 Å². The molecule has 0 aliphatic carbocycles. The normalized spacial score (nSPS) is 10.8. The zero-order valence-corrected chi connectivity index (χ0v) is 22.7. The van der Waals surface area contributed by atoms with Gasteiger partial charge in [-0.3, -0.25) is 0 Å². The Morgan fingerprint density at radius 2 is 1.16 bits per heavy atom. The minimum atomic E-state index is -0.532. The summed E-state index contributed by atoms with van der Waals surface area (Å²) >= 11 is 18.1. The van der Waals surface area contributed by atoms with Crippen LogP contribution >= 0.6 is 34.8 Å². The highest BCUT2D eigenvalue weighted by Crippen LogP contribution is 2.34. The first-order valence-corrected chi connectivity index (χ1v) is 13.4. The Labute approximate surface area is 232 Å². The lowest BCUT2D eigenvalue weighted by Crippen LogP contribution is -2.08. The van der Waals surface area contributed by atoms with Crippen molar-refractivity contribution in [3.63, 3.8) is 0 Å². The van der Waals surface area contributed by atoms with E-state index in [9.17, 15) is 4.79 Å². The van der Waals surface area contributed by atoms with Crippen LogP contribution in [0.1, 0.15) is 43.0 Å². The lowest BCUT2D eigenvalue weighted by Gasteiger charge is -2.09. The molecule has 0 heterocycles. The molecule has 4 rings (SSSR count). The molecule has 0 aliphatic rings. The number of rotatable bonds is 10. The molecule has 0 N–H and O–H groups in total. The summed E-state index contributed by atoms with van der Waals surface area (Å²) < 4.78 is 11.2. The van der Waals surface area contributed by atoms with Crippen molar-refractivity contribution < 1.29 is 14.3 Å². The summed E-state index contributed by atoms with van der Waals surface area (Å²) in [6.45, 7) is 2.97. The van der Waals surface area contributed by atoms with Gasteiger partial charge in [-0.05, 0) is 59.0 Å². The van der Waals surface area contributed by atoms with Crippen LogP contribution < -0.4 is 9.47 Å². The first kappa shape index (κ1) is 27.1. The summed E-state index contributed by atoms with van der Waals surface area (Å²) in [5, 5.41) is 0.764. The molecule has 0 radical (unpaired) electrons. The molecule has 0 bridgehead atoms. The van der Waals surface area contributed by atoms with E-state index in [-0.39, 0.29) is 15.8 Å². The summed E-state index contributed by atoms with van der Waals surface area (Å²) in [5.41, 5.74) is 4.68. The summed E-state index contributed by atoms with van der Waals surface area (Å²) in [5.74, 6) is 0.528. The third-order valence-electron chi connectivity index (χ3n) is 5.97. The number of benzene rings is 4. The maximum Gasteiger partial charge on any atom is 0.343 e. The van der Waals surface area contributed by atoms with E-state index >= 15 is 0 Å². The SMILES string of the molecule is CCCCCCOc1ccc(-c2ccc(-c3ccc(C(=O)Oc4cc(Cl)c(Cl)cc4Cl)cc3)cc2)cc1. The largest absolute Gasteiger partial charge is 0.494 e. The van der Waals surface area contributed by atoms with Gasteiger partial charge in [0.2, 0.25) is 0 Å². The van der Waals surface area contributed by atoms with Gasteiger partial charge in [-0.15, -0.1) is 0 Å². The van der Waals surface area contributed by atoms with Crippen LogP contribution in [0.4, 0.5) is 0 Å². The van der Waals surface area contributed by atoms with Gasteiger partial charge in [-0.2, -0.15) is 0 Å². The molecule has 0 aliphatic heterocycles. The van der Waals surface area contributed by atoms with Crippen molar-refractivity contribution in [1.29, 1.82) is 0 Å². The van der Waals surface area contributed by atoms with E-state index in [1.54, 1.807) is 12.1 Å². The molecule has 0 saturated heterocycles. The quantitative estimate of drug-likeness (QED) is 0.0848. The Balaban J connectivity index is 1.37. The lowest BCUT2D eigenvalue weighted by atomic mass is 9.99. The fourth-order valence-electron chi connectivity index (χ4n) is 3.86. The van der Waals surface area contributed by atoms with Crippen molar-refractivity contribution in [2.45, 2.75) is 32.6 Å². The van der Waals surface area contributed by atoms with E-state index in [1.807, 2.05) is 24.3 Å². The van der Waals surface area contributed by atoms with Crippen LogP contribution in [0.2, 0.25) is 15.1 Å². The molecule has 0 unspecified atom stereocenters. The first-order chi connectivity index (χ1) is 17.9. The molecule has 0 saturated carbocycles. The van der Waals surface area contributed by atoms with Crippen molar-refractivity contribution in [2.75, 3.05) is 6.61 Å². The average Bonchev–Trinajstić information content (AvgIpc) is 2.92. The molecule has 0 aromatic heterocycles. The van der Waals surface area contributed by atoms with Gasteiger partial charge >= 0.3 is 5.97 Å². The van der Waals surface area contributed by atoms with Gasteiger partial charge in [0.15, 0.2) is 5.75 Å². The first-order valence-electron chi connectivity index (χ1n) is 12.2. The van der Waals surface area contributed by atoms with Crippen molar-refractivity contribution in [3.8, 4) is 33.8 Å². The van der Waals surface area contributed by atoms with E-state index in [4.69, 9.17) is 44.3 Å². The summed E-state index contributed by atoms with van der Waals surface area (Å²) in [6, 6.07) is 26.6. The second-order valence-corrected chi connectivity index (χ2v) is 9.90. The Kier molecular flexibility index (Phi) is 9.51. The van der Waals surface area contributed by atoms with E-state index in [1.165, 1.54) is 31.4 Å². The van der Waals surface area contributed by atoms with Crippen LogP contribution in [-0.4, -0.2) is 12.6 Å². The number of halogens is 3. The molecule has 0 atom stereocenters. The van der Waals surface area contributed by atoms with Crippen LogP contribution in [0.3, 0.4) is 0 Å². The molecule has 0 amide bonds. The standard InChI is InChI=1S/C31H27Cl3O3/c1-2-3-4-5-18-36-26-16-14-24(15-17-26)22-8-6-21(7-9-22)23-10-12-25(13-11-23)31(35)37-30-20-28(33)27(32)19-29(30)34/h6-17,19-20H,2-5,18H2,1H3. The topological polar surface area (TPSA) is 35.5 Å². The molecule has 37 heavy (non-hydrogen) atoms. The van der Waals surface area contributed by atoms with Crippen LogP contribution in [0.5, 0.6) is 11.5 Å². The van der Waals surface area contributed by atoms with Crippen LogP contribution in [0.25, 0.3) is 22.3 Å². The molecule has 0 spiro atoms. The van der Waals surface area contributed by atoms with Crippen LogP contribution in [-0.2, 0) is 0 Å². The maximum atomic E-state index is 12.6. The molecule has 4 aromatic carbocycles. The molecule has 6 heteroatoms. The fourth-order valence-corrected chi connectivity index (χ4v) is 4.43. The monoisotopic (exact) mass is 552 g/mol. The number of hydrogen-bond acceptors (Lipinski definition) is 3. The van der Waals surface area contributed by atoms with Crippen molar-refractivity contribution >= 4 is 40.8 Å². The predicted octanol–water partition coefficient (Wildman–Crippen LogP) is 10.2. The minimum Gasteiger partial charge on any atom is -0.494 e. The van der Waals surface area contributed by atoms with Gasteiger partial charge in [-0.1, -0.05) is 110 Å². The maximum absolute atomic E-state index is 12.6. The third-order valence-corrected chi connectivity index (χ3v) is 6.99. The van der Waals surface area contributed by atoms with Crippen LogP contribution in [0.15, 0.2) is 84.9 Å². The Morgan fingerprint density at radius 1 is 0.649 bits per heavy atom. The Hall–Kier alpha value is -2.98. The zero-order valence-electron chi connectivity index (χ0n) is 20.5. The minimum absolute atomic E-state index is 0.160. The second kappa shape index (κ2) is 13.0. The van der Waals surface area contributed by atoms with Gasteiger partial charge in [0, 0.05) is 6.07 Å². The number of unbranched alkanes of at least 4 members (excludes halogenated alkanes) is 3. The van der Waals surface area contributed by atoms with E-state index in [0.29, 0.717) is 10.6 Å². The highest BCUT2D eigenvalue weighted by Gasteiger charge is 2.14. The van der Waals surface area contributed by atoms with Gasteiger partial charge in [0.05, 0.1) is 27.2 Å². The molecule has 4 aromatic rings.